The number of carbonyl (C=O) groups is 1. The fourth-order valence-corrected chi connectivity index (χ4v) is 3.19. The molecular weight excluding hydrogens is 347 g/mol. The topological polar surface area (TPSA) is 42.0 Å². The maximum atomic E-state index is 13.9. The first kappa shape index (κ1) is 19.2. The van der Waals surface area contributed by atoms with E-state index < -0.39 is 6.10 Å². The third-order valence-corrected chi connectivity index (χ3v) is 4.77. The van der Waals surface area contributed by atoms with E-state index in [-0.39, 0.29) is 11.7 Å². The predicted molar refractivity (Wildman–Crippen MR) is 102 cm³/mol. The summed E-state index contributed by atoms with van der Waals surface area (Å²) in [5.41, 5.74) is 1.55. The zero-order chi connectivity index (χ0) is 19.2. The van der Waals surface area contributed by atoms with Crippen LogP contribution in [0.25, 0.3) is 0 Å². The van der Waals surface area contributed by atoms with Crippen molar-refractivity contribution in [3.05, 3.63) is 59.9 Å². The molecule has 27 heavy (non-hydrogen) atoms. The third kappa shape index (κ3) is 4.77. The quantitative estimate of drug-likeness (QED) is 0.782. The van der Waals surface area contributed by atoms with Crippen LogP contribution in [0, 0.1) is 5.82 Å². The van der Waals surface area contributed by atoms with Crippen molar-refractivity contribution >= 4 is 11.6 Å². The molecule has 1 saturated heterocycles. The van der Waals surface area contributed by atoms with Gasteiger partial charge in [-0.3, -0.25) is 4.79 Å². The molecule has 2 aromatic rings. The minimum absolute atomic E-state index is 0.0360. The maximum absolute atomic E-state index is 13.9. The summed E-state index contributed by atoms with van der Waals surface area (Å²) in [4.78, 5) is 16.4. The van der Waals surface area contributed by atoms with Crippen molar-refractivity contribution in [2.75, 3.05) is 38.2 Å². The Morgan fingerprint density at radius 2 is 1.85 bits per heavy atom. The molecule has 0 spiro atoms. The van der Waals surface area contributed by atoms with Crippen molar-refractivity contribution in [3.63, 3.8) is 0 Å². The molecule has 0 aromatic heterocycles. The van der Waals surface area contributed by atoms with Crippen molar-refractivity contribution < 1.29 is 18.7 Å². The number of methoxy groups -OCH3 is 1. The summed E-state index contributed by atoms with van der Waals surface area (Å²) in [7, 11) is 1.62. The Kier molecular flexibility index (Phi) is 6.29. The van der Waals surface area contributed by atoms with Crippen LogP contribution in [0.5, 0.6) is 5.75 Å². The van der Waals surface area contributed by atoms with Crippen molar-refractivity contribution in [1.29, 1.82) is 0 Å². The van der Waals surface area contributed by atoms with Crippen LogP contribution in [0.4, 0.5) is 10.1 Å². The molecule has 1 heterocycles. The molecule has 0 N–H and O–H groups in total. The highest BCUT2D eigenvalue weighted by molar-refractivity contribution is 5.80. The number of halogens is 1. The van der Waals surface area contributed by atoms with E-state index in [0.717, 1.165) is 11.3 Å². The zero-order valence-electron chi connectivity index (χ0n) is 15.7. The molecule has 0 aliphatic carbocycles. The molecule has 1 fully saturated rings. The number of carbonyl (C=O) groups excluding carboxylic acids is 1. The highest BCUT2D eigenvalue weighted by Crippen LogP contribution is 2.20. The van der Waals surface area contributed by atoms with Crippen molar-refractivity contribution in [3.8, 4) is 5.75 Å². The van der Waals surface area contributed by atoms with Crippen LogP contribution in [0.3, 0.4) is 0 Å². The van der Waals surface area contributed by atoms with Crippen LogP contribution >= 0.6 is 0 Å². The van der Waals surface area contributed by atoms with Gasteiger partial charge in [0.05, 0.1) is 19.4 Å². The van der Waals surface area contributed by atoms with E-state index in [9.17, 15) is 9.18 Å². The normalized spacial score (nSPS) is 15.5. The Balaban J connectivity index is 1.50. The van der Waals surface area contributed by atoms with E-state index in [1.54, 1.807) is 31.1 Å². The van der Waals surface area contributed by atoms with Gasteiger partial charge in [-0.1, -0.05) is 24.3 Å². The summed E-state index contributed by atoms with van der Waals surface area (Å²) < 4.78 is 24.9. The molecule has 6 heteroatoms. The Hall–Kier alpha value is -2.60. The lowest BCUT2D eigenvalue weighted by molar-refractivity contribution is -0.143. The monoisotopic (exact) mass is 372 g/mol. The van der Waals surface area contributed by atoms with Gasteiger partial charge in [0.25, 0.3) is 5.91 Å². The zero-order valence-corrected chi connectivity index (χ0v) is 15.7. The smallest absolute Gasteiger partial charge is 0.251 e. The highest BCUT2D eigenvalue weighted by Gasteiger charge is 2.26. The van der Waals surface area contributed by atoms with E-state index in [1.807, 2.05) is 35.2 Å². The third-order valence-electron chi connectivity index (χ3n) is 4.77. The second-order valence-electron chi connectivity index (χ2n) is 6.57. The van der Waals surface area contributed by atoms with Gasteiger partial charge in [0.15, 0.2) is 0 Å². The minimum Gasteiger partial charge on any atom is -0.497 e. The van der Waals surface area contributed by atoms with Crippen LogP contribution < -0.4 is 9.64 Å². The fraction of sp³-hybridized carbons (Fsp3) is 0.381. The number of benzene rings is 2. The lowest BCUT2D eigenvalue weighted by atomic mass is 10.2. The van der Waals surface area contributed by atoms with Gasteiger partial charge in [0.2, 0.25) is 0 Å². The van der Waals surface area contributed by atoms with Gasteiger partial charge in [-0.15, -0.1) is 0 Å². The molecule has 144 valence electrons. The van der Waals surface area contributed by atoms with E-state index in [1.165, 1.54) is 6.07 Å². The first-order valence-electron chi connectivity index (χ1n) is 9.11. The number of nitrogens with zero attached hydrogens (tertiary/aromatic N) is 2. The number of rotatable bonds is 6. The summed E-state index contributed by atoms with van der Waals surface area (Å²) in [6.07, 6.45) is -0.531. The molecule has 3 rings (SSSR count). The summed E-state index contributed by atoms with van der Waals surface area (Å²) in [5, 5.41) is 0. The van der Waals surface area contributed by atoms with Gasteiger partial charge >= 0.3 is 0 Å². The van der Waals surface area contributed by atoms with Crippen LogP contribution in [-0.4, -0.2) is 50.2 Å². The highest BCUT2D eigenvalue weighted by atomic mass is 19.1. The molecule has 0 saturated carbocycles. The Bertz CT molecular complexity index is 776. The lowest BCUT2D eigenvalue weighted by Gasteiger charge is -2.37. The second kappa shape index (κ2) is 8.86. The maximum Gasteiger partial charge on any atom is 0.251 e. The summed E-state index contributed by atoms with van der Waals surface area (Å²) >= 11 is 0. The molecule has 1 amide bonds. The average Bonchev–Trinajstić information content (AvgIpc) is 2.72. The van der Waals surface area contributed by atoms with Crippen molar-refractivity contribution in [2.24, 2.45) is 0 Å². The minimum atomic E-state index is -0.531. The van der Waals surface area contributed by atoms with Gasteiger partial charge in [0.1, 0.15) is 17.7 Å². The number of piperazine rings is 1. The van der Waals surface area contributed by atoms with E-state index in [2.05, 4.69) is 0 Å². The van der Waals surface area contributed by atoms with Crippen LogP contribution in [0.15, 0.2) is 48.5 Å². The largest absolute Gasteiger partial charge is 0.497 e. The van der Waals surface area contributed by atoms with E-state index >= 15 is 0 Å². The van der Waals surface area contributed by atoms with E-state index in [0.29, 0.717) is 38.5 Å². The summed E-state index contributed by atoms with van der Waals surface area (Å²) in [5.74, 6) is 0.498. The standard InChI is InChI=1S/C21H25FN2O3/c1-16(27-15-17-6-5-7-18(14-17)26-2)21(25)24-12-10-23(11-13-24)20-9-4-3-8-19(20)22/h3-9,14,16H,10-13,15H2,1-2H3. The van der Waals surface area contributed by atoms with Gasteiger partial charge < -0.3 is 19.3 Å². The number of anilines is 1. The molecule has 1 unspecified atom stereocenters. The van der Waals surface area contributed by atoms with Crippen molar-refractivity contribution in [1.82, 2.24) is 4.90 Å². The molecular formula is C21H25FN2O3. The SMILES string of the molecule is COc1cccc(COC(C)C(=O)N2CCN(c3ccccc3F)CC2)c1. The summed E-state index contributed by atoms with van der Waals surface area (Å²) in [6.45, 7) is 4.44. The molecule has 1 aliphatic heterocycles. The van der Waals surface area contributed by atoms with Gasteiger partial charge in [-0.25, -0.2) is 4.39 Å². The number of amides is 1. The van der Waals surface area contributed by atoms with Crippen LogP contribution in [0.1, 0.15) is 12.5 Å². The Labute approximate surface area is 159 Å². The molecule has 1 aliphatic rings. The molecule has 0 radical (unpaired) electrons. The lowest BCUT2D eigenvalue weighted by Crippen LogP contribution is -2.51. The molecule has 1 atom stereocenters. The molecule has 5 nitrogen and oxygen atoms in total. The van der Waals surface area contributed by atoms with Gasteiger partial charge in [-0.2, -0.15) is 0 Å². The number of para-hydroxylation sites is 1. The van der Waals surface area contributed by atoms with E-state index in [4.69, 9.17) is 9.47 Å². The van der Waals surface area contributed by atoms with Crippen LogP contribution in [-0.2, 0) is 16.1 Å². The molecule has 2 aromatic carbocycles. The second-order valence-corrected chi connectivity index (χ2v) is 6.57. The number of hydrogen-bond donors (Lipinski definition) is 0. The Morgan fingerprint density at radius 3 is 2.56 bits per heavy atom. The molecule has 0 bridgehead atoms. The first-order chi connectivity index (χ1) is 13.1. The number of ether oxygens (including phenoxy) is 2. The van der Waals surface area contributed by atoms with Gasteiger partial charge in [-0.05, 0) is 36.8 Å². The first-order valence-corrected chi connectivity index (χ1v) is 9.11. The number of hydrogen-bond acceptors (Lipinski definition) is 4. The van der Waals surface area contributed by atoms with Crippen molar-refractivity contribution in [2.45, 2.75) is 19.6 Å². The average molecular weight is 372 g/mol. The fourth-order valence-electron chi connectivity index (χ4n) is 3.19. The summed E-state index contributed by atoms with van der Waals surface area (Å²) in [6, 6.07) is 14.3. The Morgan fingerprint density at radius 1 is 1.11 bits per heavy atom. The predicted octanol–water partition coefficient (Wildman–Crippen LogP) is 3.09. The van der Waals surface area contributed by atoms with Crippen LogP contribution in [0.2, 0.25) is 0 Å². The van der Waals surface area contributed by atoms with Gasteiger partial charge in [0, 0.05) is 26.2 Å².